The van der Waals surface area contributed by atoms with Crippen LogP contribution in [-0.2, 0) is 15.3 Å². The lowest BCUT2D eigenvalue weighted by Crippen LogP contribution is -2.45. The third-order valence-corrected chi connectivity index (χ3v) is 19.0. The first-order valence-corrected chi connectivity index (χ1v) is 22.0. The molecule has 3 aromatic rings. The predicted octanol–water partition coefficient (Wildman–Crippen LogP) is 8.91. The number of hydrogen-bond donors (Lipinski definition) is 1. The molecular weight excluding hydrogens is 608 g/mol. The third kappa shape index (κ3) is 8.31. The Morgan fingerprint density at radius 2 is 1.61 bits per heavy atom. The van der Waals surface area contributed by atoms with E-state index in [-0.39, 0.29) is 28.2 Å². The second kappa shape index (κ2) is 13.2. The molecule has 242 valence electrons. The third-order valence-electron chi connectivity index (χ3n) is 9.69. The van der Waals surface area contributed by atoms with E-state index in [0.29, 0.717) is 34.3 Å². The number of fused-ring (bicyclic) bond motifs is 1. The molecule has 11 heteroatoms. The summed E-state index contributed by atoms with van der Waals surface area (Å²) >= 11 is 6.34. The second-order valence-corrected chi connectivity index (χ2v) is 25.1. The average Bonchev–Trinajstić information content (AvgIpc) is 3.33. The standard InChI is InChI=1S/C33H51ClN4O4Si2/c1-32(2,3)43(7,8)40-18-17-23-20-35-30-27(21-36-38(30)22-23)31(39)37-28-19-24(34)11-16-29(28)41-25-12-14-26(15-13-25)42-44(9,10)33(4,5)6/h11,16,19-22,25-26H,12-15,17-18H2,1-10H3,(H,37,39). The molecule has 0 atom stereocenters. The molecule has 0 unspecified atom stereocenters. The first-order valence-electron chi connectivity index (χ1n) is 15.8. The molecule has 2 heterocycles. The summed E-state index contributed by atoms with van der Waals surface area (Å²) in [7, 11) is -3.63. The van der Waals surface area contributed by atoms with Crippen LogP contribution < -0.4 is 10.1 Å². The quantitative estimate of drug-likeness (QED) is 0.219. The van der Waals surface area contributed by atoms with Crippen LogP contribution in [0.2, 0.25) is 41.3 Å². The van der Waals surface area contributed by atoms with Gasteiger partial charge >= 0.3 is 0 Å². The van der Waals surface area contributed by atoms with Gasteiger partial charge in [-0.1, -0.05) is 53.1 Å². The number of nitrogens with one attached hydrogen (secondary N) is 1. The van der Waals surface area contributed by atoms with E-state index in [1.165, 1.54) is 0 Å². The normalized spacial score (nSPS) is 18.4. The van der Waals surface area contributed by atoms with E-state index in [4.69, 9.17) is 25.2 Å². The number of amides is 1. The Morgan fingerprint density at radius 1 is 0.977 bits per heavy atom. The molecule has 1 N–H and O–H groups in total. The first kappa shape index (κ1) is 34.6. The van der Waals surface area contributed by atoms with Gasteiger partial charge in [-0.25, -0.2) is 9.50 Å². The molecule has 1 amide bonds. The van der Waals surface area contributed by atoms with Crippen molar-refractivity contribution in [1.82, 2.24) is 14.6 Å². The van der Waals surface area contributed by atoms with Gasteiger partial charge in [-0.2, -0.15) is 5.10 Å². The van der Waals surface area contributed by atoms with Gasteiger partial charge in [0.1, 0.15) is 11.3 Å². The summed E-state index contributed by atoms with van der Waals surface area (Å²) in [6.07, 6.45) is 10.0. The molecule has 1 aliphatic rings. The van der Waals surface area contributed by atoms with Crippen molar-refractivity contribution in [2.75, 3.05) is 11.9 Å². The van der Waals surface area contributed by atoms with Crippen molar-refractivity contribution in [1.29, 1.82) is 0 Å². The molecule has 4 rings (SSSR count). The molecule has 8 nitrogen and oxygen atoms in total. The van der Waals surface area contributed by atoms with Crippen LogP contribution in [0.15, 0.2) is 36.8 Å². The minimum atomic E-state index is -1.82. The van der Waals surface area contributed by atoms with E-state index in [0.717, 1.165) is 37.7 Å². The number of rotatable bonds is 10. The lowest BCUT2D eigenvalue weighted by molar-refractivity contribution is 0.0729. The van der Waals surface area contributed by atoms with Crippen LogP contribution in [0, 0.1) is 0 Å². The minimum absolute atomic E-state index is 0.0452. The van der Waals surface area contributed by atoms with Gasteiger partial charge < -0.3 is 18.9 Å². The van der Waals surface area contributed by atoms with Crippen LogP contribution in [0.1, 0.15) is 83.1 Å². The van der Waals surface area contributed by atoms with Crippen molar-refractivity contribution < 1.29 is 18.4 Å². The first-order chi connectivity index (χ1) is 20.4. The molecule has 0 aliphatic heterocycles. The van der Waals surface area contributed by atoms with Crippen molar-refractivity contribution in [3.8, 4) is 5.75 Å². The van der Waals surface area contributed by atoms with Gasteiger partial charge in [0.15, 0.2) is 22.3 Å². The SMILES string of the molecule is CC(C)(C)[Si](C)(C)OCCc1cnc2c(C(=O)Nc3cc(Cl)ccc3OC3CCC(O[Si](C)(C)C(C)(C)C)CC3)cnn2c1. The van der Waals surface area contributed by atoms with Crippen LogP contribution >= 0.6 is 11.6 Å². The molecule has 0 bridgehead atoms. The fourth-order valence-electron chi connectivity index (χ4n) is 4.78. The lowest BCUT2D eigenvalue weighted by atomic mass is 9.95. The summed E-state index contributed by atoms with van der Waals surface area (Å²) in [6, 6.07) is 5.33. The van der Waals surface area contributed by atoms with Crippen molar-refractivity contribution in [2.24, 2.45) is 0 Å². The van der Waals surface area contributed by atoms with Gasteiger partial charge in [0.2, 0.25) is 0 Å². The topological polar surface area (TPSA) is 87.0 Å². The maximum Gasteiger partial charge on any atom is 0.261 e. The summed E-state index contributed by atoms with van der Waals surface area (Å²) in [6.45, 7) is 23.3. The van der Waals surface area contributed by atoms with Crippen LogP contribution in [0.4, 0.5) is 5.69 Å². The highest BCUT2D eigenvalue weighted by atomic mass is 35.5. The molecular formula is C33H51ClN4O4Si2. The fourth-order valence-corrected chi connectivity index (χ4v) is 7.42. The van der Waals surface area contributed by atoms with Gasteiger partial charge in [0, 0.05) is 30.1 Å². The molecule has 44 heavy (non-hydrogen) atoms. The van der Waals surface area contributed by atoms with E-state index >= 15 is 0 Å². The van der Waals surface area contributed by atoms with E-state index in [1.54, 1.807) is 29.0 Å². The highest BCUT2D eigenvalue weighted by Gasteiger charge is 2.40. The maximum absolute atomic E-state index is 13.4. The zero-order chi connectivity index (χ0) is 32.5. The summed E-state index contributed by atoms with van der Waals surface area (Å²) < 4.78 is 21.1. The monoisotopic (exact) mass is 658 g/mol. The van der Waals surface area contributed by atoms with Crippen LogP contribution in [0.3, 0.4) is 0 Å². The Kier molecular flexibility index (Phi) is 10.4. The lowest BCUT2D eigenvalue weighted by Gasteiger charge is -2.41. The van der Waals surface area contributed by atoms with E-state index in [1.807, 2.05) is 12.3 Å². The Labute approximate surface area is 270 Å². The fraction of sp³-hybridized carbons (Fsp3) is 0.606. The summed E-state index contributed by atoms with van der Waals surface area (Å²) in [4.78, 5) is 18.0. The molecule has 0 radical (unpaired) electrons. The van der Waals surface area contributed by atoms with Crippen molar-refractivity contribution in [3.05, 3.63) is 52.9 Å². The minimum Gasteiger partial charge on any atom is -0.488 e. The van der Waals surface area contributed by atoms with Gasteiger partial charge in [0.05, 0.1) is 18.0 Å². The molecule has 1 aromatic carbocycles. The van der Waals surface area contributed by atoms with Gasteiger partial charge in [-0.15, -0.1) is 0 Å². The summed E-state index contributed by atoms with van der Waals surface area (Å²) in [5.74, 6) is 0.282. The Hall–Kier alpha value is -2.25. The smallest absolute Gasteiger partial charge is 0.261 e. The number of nitrogens with zero attached hydrogens (tertiary/aromatic N) is 3. The number of halogens is 1. The van der Waals surface area contributed by atoms with Crippen LogP contribution in [-0.4, -0.2) is 56.0 Å². The van der Waals surface area contributed by atoms with Gasteiger partial charge in [-0.05, 0) is 92.1 Å². The summed E-state index contributed by atoms with van der Waals surface area (Å²) in [5, 5.41) is 8.27. The van der Waals surface area contributed by atoms with Crippen molar-refractivity contribution in [3.63, 3.8) is 0 Å². The number of anilines is 1. The second-order valence-electron chi connectivity index (χ2n) is 15.1. The largest absolute Gasteiger partial charge is 0.488 e. The predicted molar refractivity (Wildman–Crippen MR) is 184 cm³/mol. The highest BCUT2D eigenvalue weighted by Crippen LogP contribution is 2.40. The van der Waals surface area contributed by atoms with Crippen LogP contribution in [0.25, 0.3) is 5.65 Å². The number of aromatic nitrogens is 3. The van der Waals surface area contributed by atoms with E-state index < -0.39 is 16.6 Å². The average molecular weight is 659 g/mol. The Bertz CT molecular complexity index is 1450. The zero-order valence-corrected chi connectivity index (χ0v) is 31.0. The van der Waals surface area contributed by atoms with Gasteiger partial charge in [0.25, 0.3) is 5.91 Å². The maximum atomic E-state index is 13.4. The molecule has 0 saturated heterocycles. The number of benzene rings is 1. The number of carbonyl (C=O) groups excluding carboxylic acids is 1. The van der Waals surface area contributed by atoms with Crippen molar-refractivity contribution in [2.45, 2.75) is 122 Å². The number of carbonyl (C=O) groups is 1. The molecule has 1 saturated carbocycles. The molecule has 1 aliphatic carbocycles. The molecule has 1 fully saturated rings. The van der Waals surface area contributed by atoms with Gasteiger partial charge in [-0.3, -0.25) is 4.79 Å². The summed E-state index contributed by atoms with van der Waals surface area (Å²) in [5.41, 5.74) is 2.39. The molecule has 2 aromatic heterocycles. The Morgan fingerprint density at radius 3 is 2.25 bits per heavy atom. The number of hydrogen-bond acceptors (Lipinski definition) is 6. The van der Waals surface area contributed by atoms with E-state index in [2.05, 4.69) is 83.1 Å². The van der Waals surface area contributed by atoms with Crippen LogP contribution in [0.5, 0.6) is 5.75 Å². The highest BCUT2D eigenvalue weighted by molar-refractivity contribution is 6.74. The zero-order valence-electron chi connectivity index (χ0n) is 28.2. The Balaban J connectivity index is 1.39. The number of ether oxygens (including phenoxy) is 1. The molecule has 0 spiro atoms. The van der Waals surface area contributed by atoms with E-state index in [9.17, 15) is 4.79 Å². The van der Waals surface area contributed by atoms with Crippen molar-refractivity contribution >= 4 is 45.5 Å².